The second-order valence-electron chi connectivity index (χ2n) is 2.62. The van der Waals surface area contributed by atoms with E-state index in [0.29, 0.717) is 5.25 Å². The van der Waals surface area contributed by atoms with E-state index in [1.807, 2.05) is 11.8 Å². The zero-order chi connectivity index (χ0) is 7.98. The maximum Gasteiger partial charge on any atom is 0.0142 e. The number of thioether (sulfide) groups is 1. The molecule has 0 rings (SSSR count). The molecule has 0 fully saturated rings. The second-order valence-corrected chi connectivity index (χ2v) is 4.17. The van der Waals surface area contributed by atoms with Crippen LogP contribution in [0.5, 0.6) is 0 Å². The summed E-state index contributed by atoms with van der Waals surface area (Å²) in [5.41, 5.74) is 6.71. The summed E-state index contributed by atoms with van der Waals surface area (Å²) in [6.07, 6.45) is 1.12. The van der Waals surface area contributed by atoms with Gasteiger partial charge in [0.2, 0.25) is 0 Å². The summed E-state index contributed by atoms with van der Waals surface area (Å²) in [5.74, 6) is 1.16. The lowest BCUT2D eigenvalue weighted by atomic mass is 10.3. The van der Waals surface area contributed by atoms with Crippen molar-refractivity contribution in [1.82, 2.24) is 0 Å². The van der Waals surface area contributed by atoms with Crippen molar-refractivity contribution in [3.63, 3.8) is 0 Å². The average Bonchev–Trinajstić information content (AvgIpc) is 1.87. The molecule has 1 nitrogen and oxygen atoms in total. The van der Waals surface area contributed by atoms with Crippen LogP contribution in [0.1, 0.15) is 20.3 Å². The average molecular weight is 159 g/mol. The molecular formula is C8H17NS. The van der Waals surface area contributed by atoms with E-state index >= 15 is 0 Å². The molecule has 0 aliphatic heterocycles. The summed E-state index contributed by atoms with van der Waals surface area (Å²) < 4.78 is 0. The van der Waals surface area contributed by atoms with Gasteiger partial charge in [-0.05, 0) is 19.1 Å². The lowest BCUT2D eigenvalue weighted by Gasteiger charge is -2.06. The molecule has 0 aliphatic rings. The molecule has 1 unspecified atom stereocenters. The van der Waals surface area contributed by atoms with Crippen LogP contribution in [0, 0.1) is 0 Å². The van der Waals surface area contributed by atoms with Gasteiger partial charge in [0.15, 0.2) is 0 Å². The highest BCUT2D eigenvalue weighted by molar-refractivity contribution is 7.99. The Morgan fingerprint density at radius 3 is 2.70 bits per heavy atom. The molecule has 0 saturated heterocycles. The van der Waals surface area contributed by atoms with E-state index in [1.54, 1.807) is 0 Å². The van der Waals surface area contributed by atoms with Gasteiger partial charge in [-0.2, -0.15) is 11.8 Å². The lowest BCUT2D eigenvalue weighted by Crippen LogP contribution is -2.12. The lowest BCUT2D eigenvalue weighted by molar-refractivity contribution is 0.947. The number of nitrogens with two attached hydrogens (primary N) is 1. The zero-order valence-corrected chi connectivity index (χ0v) is 7.71. The minimum absolute atomic E-state index is 0.597. The Bertz CT molecular complexity index is 101. The van der Waals surface area contributed by atoms with Gasteiger partial charge in [-0.15, -0.1) is 6.58 Å². The van der Waals surface area contributed by atoms with E-state index in [2.05, 4.69) is 20.4 Å². The SMILES string of the molecule is C=C(C)CCSC(C)CN. The van der Waals surface area contributed by atoms with Crippen LogP contribution in [0.2, 0.25) is 0 Å². The van der Waals surface area contributed by atoms with Crippen LogP contribution in [0.15, 0.2) is 12.2 Å². The maximum atomic E-state index is 5.45. The molecule has 0 saturated carbocycles. The first-order valence-electron chi connectivity index (χ1n) is 3.63. The molecule has 0 amide bonds. The Hall–Kier alpha value is 0.0500. The molecule has 10 heavy (non-hydrogen) atoms. The number of hydrogen-bond donors (Lipinski definition) is 1. The summed E-state index contributed by atoms with van der Waals surface area (Å²) in [7, 11) is 0. The first kappa shape index (κ1) is 10.0. The van der Waals surface area contributed by atoms with Crippen molar-refractivity contribution in [3.05, 3.63) is 12.2 Å². The molecule has 0 heterocycles. The van der Waals surface area contributed by atoms with Gasteiger partial charge in [0.05, 0.1) is 0 Å². The first-order chi connectivity index (χ1) is 4.66. The number of hydrogen-bond acceptors (Lipinski definition) is 2. The summed E-state index contributed by atoms with van der Waals surface area (Å²) in [4.78, 5) is 0. The number of rotatable bonds is 5. The molecule has 0 aliphatic carbocycles. The van der Waals surface area contributed by atoms with Crippen molar-refractivity contribution >= 4 is 11.8 Å². The van der Waals surface area contributed by atoms with E-state index in [1.165, 1.54) is 5.57 Å². The summed E-state index contributed by atoms with van der Waals surface area (Å²) in [6.45, 7) is 8.83. The van der Waals surface area contributed by atoms with Gasteiger partial charge < -0.3 is 5.73 Å². The third-order valence-corrected chi connectivity index (χ3v) is 2.46. The van der Waals surface area contributed by atoms with Crippen LogP contribution < -0.4 is 5.73 Å². The van der Waals surface area contributed by atoms with Gasteiger partial charge in [0.1, 0.15) is 0 Å². The Morgan fingerprint density at radius 1 is 1.70 bits per heavy atom. The van der Waals surface area contributed by atoms with E-state index < -0.39 is 0 Å². The molecule has 0 aromatic rings. The van der Waals surface area contributed by atoms with E-state index in [0.717, 1.165) is 18.7 Å². The van der Waals surface area contributed by atoms with Gasteiger partial charge in [-0.1, -0.05) is 12.5 Å². The highest BCUT2D eigenvalue weighted by Crippen LogP contribution is 2.12. The van der Waals surface area contributed by atoms with Gasteiger partial charge in [-0.25, -0.2) is 0 Å². The van der Waals surface area contributed by atoms with E-state index in [4.69, 9.17) is 5.73 Å². The van der Waals surface area contributed by atoms with Crippen LogP contribution in [-0.2, 0) is 0 Å². The fraction of sp³-hybridized carbons (Fsp3) is 0.750. The second kappa shape index (κ2) is 5.81. The van der Waals surface area contributed by atoms with Crippen molar-refractivity contribution in [2.45, 2.75) is 25.5 Å². The third-order valence-electron chi connectivity index (χ3n) is 1.26. The van der Waals surface area contributed by atoms with Gasteiger partial charge in [0, 0.05) is 11.8 Å². The fourth-order valence-electron chi connectivity index (χ4n) is 0.502. The van der Waals surface area contributed by atoms with Crippen LogP contribution in [0.4, 0.5) is 0 Å². The summed E-state index contributed by atoms with van der Waals surface area (Å²) >= 11 is 1.92. The molecule has 0 aromatic heterocycles. The van der Waals surface area contributed by atoms with Crippen LogP contribution in [0.3, 0.4) is 0 Å². The van der Waals surface area contributed by atoms with Crippen LogP contribution in [0.25, 0.3) is 0 Å². The topological polar surface area (TPSA) is 26.0 Å². The monoisotopic (exact) mass is 159 g/mol. The molecule has 0 radical (unpaired) electrons. The Balaban J connectivity index is 3.11. The highest BCUT2D eigenvalue weighted by atomic mass is 32.2. The largest absolute Gasteiger partial charge is 0.329 e. The molecule has 0 aromatic carbocycles. The van der Waals surface area contributed by atoms with Crippen LogP contribution >= 0.6 is 11.8 Å². The van der Waals surface area contributed by atoms with Gasteiger partial charge in [-0.3, -0.25) is 0 Å². The number of allylic oxidation sites excluding steroid dienone is 1. The molecule has 2 N–H and O–H groups in total. The van der Waals surface area contributed by atoms with Crippen molar-refractivity contribution in [2.24, 2.45) is 5.73 Å². The summed E-state index contributed by atoms with van der Waals surface area (Å²) in [5, 5.41) is 0.597. The minimum Gasteiger partial charge on any atom is -0.329 e. The maximum absolute atomic E-state index is 5.45. The predicted molar refractivity (Wildman–Crippen MR) is 50.4 cm³/mol. The Labute approximate surface area is 68.1 Å². The Kier molecular flexibility index (Phi) is 5.84. The molecular weight excluding hydrogens is 142 g/mol. The molecule has 1 atom stereocenters. The van der Waals surface area contributed by atoms with Crippen molar-refractivity contribution < 1.29 is 0 Å². The normalized spacial score (nSPS) is 13.1. The quantitative estimate of drug-likeness (QED) is 0.621. The highest BCUT2D eigenvalue weighted by Gasteiger charge is 1.97. The predicted octanol–water partition coefficient (Wildman–Crippen LogP) is 2.03. The molecule has 2 heteroatoms. The zero-order valence-electron chi connectivity index (χ0n) is 6.89. The summed E-state index contributed by atoms with van der Waals surface area (Å²) in [6, 6.07) is 0. The van der Waals surface area contributed by atoms with Crippen molar-refractivity contribution in [1.29, 1.82) is 0 Å². The molecule has 0 bridgehead atoms. The third kappa shape index (κ3) is 6.17. The van der Waals surface area contributed by atoms with Crippen molar-refractivity contribution in [3.8, 4) is 0 Å². The Morgan fingerprint density at radius 2 is 2.30 bits per heavy atom. The smallest absolute Gasteiger partial charge is 0.0142 e. The van der Waals surface area contributed by atoms with E-state index in [-0.39, 0.29) is 0 Å². The minimum atomic E-state index is 0.597. The molecule has 60 valence electrons. The van der Waals surface area contributed by atoms with Gasteiger partial charge in [0.25, 0.3) is 0 Å². The fourth-order valence-corrected chi connectivity index (χ4v) is 1.51. The molecule has 0 spiro atoms. The first-order valence-corrected chi connectivity index (χ1v) is 4.67. The van der Waals surface area contributed by atoms with Gasteiger partial charge >= 0.3 is 0 Å². The van der Waals surface area contributed by atoms with Crippen molar-refractivity contribution in [2.75, 3.05) is 12.3 Å². The van der Waals surface area contributed by atoms with Crippen LogP contribution in [-0.4, -0.2) is 17.5 Å². The van der Waals surface area contributed by atoms with E-state index in [9.17, 15) is 0 Å². The standard InChI is InChI=1S/C8H17NS/c1-7(2)4-5-10-8(3)6-9/h8H,1,4-6,9H2,2-3H3.